The highest BCUT2D eigenvalue weighted by atomic mass is 79.9. The van der Waals surface area contributed by atoms with E-state index in [0.29, 0.717) is 17.9 Å². The van der Waals surface area contributed by atoms with Gasteiger partial charge in [0.25, 0.3) is 0 Å². The summed E-state index contributed by atoms with van der Waals surface area (Å²) in [5.74, 6) is 0.123. The monoisotopic (exact) mass is 312 g/mol. The van der Waals surface area contributed by atoms with Crippen molar-refractivity contribution in [3.8, 4) is 0 Å². The molecule has 5 heteroatoms. The van der Waals surface area contributed by atoms with Crippen LogP contribution in [0.2, 0.25) is 0 Å². The van der Waals surface area contributed by atoms with E-state index in [2.05, 4.69) is 15.9 Å². The second kappa shape index (κ2) is 5.10. The van der Waals surface area contributed by atoms with E-state index in [9.17, 15) is 9.18 Å². The van der Waals surface area contributed by atoms with Gasteiger partial charge in [0.1, 0.15) is 18.5 Å². The molecule has 0 aromatic heterocycles. The normalized spacial score (nSPS) is 19.8. The van der Waals surface area contributed by atoms with Gasteiger partial charge in [-0.15, -0.1) is 0 Å². The fraction of sp³-hybridized carbons (Fsp3) is 0.308. The van der Waals surface area contributed by atoms with Crippen molar-refractivity contribution in [1.29, 1.82) is 0 Å². The van der Waals surface area contributed by atoms with Crippen LogP contribution in [-0.4, -0.2) is 29.9 Å². The molecule has 0 saturated heterocycles. The quantitative estimate of drug-likeness (QED) is 0.931. The molecule has 1 aliphatic rings. The summed E-state index contributed by atoms with van der Waals surface area (Å²) in [5, 5.41) is 0. The summed E-state index contributed by atoms with van der Waals surface area (Å²) < 4.78 is 13.8. The molecule has 1 aromatic rings. The number of halogens is 2. The molecule has 0 bridgehead atoms. The maximum absolute atomic E-state index is 13.0. The molecule has 1 aromatic carbocycles. The Kier molecular flexibility index (Phi) is 3.71. The Labute approximate surface area is 114 Å². The Morgan fingerprint density at radius 3 is 2.72 bits per heavy atom. The van der Waals surface area contributed by atoms with Crippen LogP contribution in [-0.2, 0) is 4.79 Å². The molecule has 1 aliphatic heterocycles. The van der Waals surface area contributed by atoms with Gasteiger partial charge in [-0.05, 0) is 24.6 Å². The number of carbonyl (C=O) groups excluding carboxylic acids is 1. The summed E-state index contributed by atoms with van der Waals surface area (Å²) in [4.78, 5) is 13.8. The van der Waals surface area contributed by atoms with Crippen LogP contribution in [0.1, 0.15) is 12.5 Å². The van der Waals surface area contributed by atoms with Crippen LogP contribution in [0.5, 0.6) is 0 Å². The molecule has 3 nitrogen and oxygen atoms in total. The third-order valence-corrected chi connectivity index (χ3v) is 3.58. The molecule has 0 spiro atoms. The van der Waals surface area contributed by atoms with Gasteiger partial charge in [0, 0.05) is 11.0 Å². The predicted octanol–water partition coefficient (Wildman–Crippen LogP) is 2.32. The number of carbonyl (C=O) groups is 1. The highest BCUT2D eigenvalue weighted by Gasteiger charge is 2.38. The Bertz CT molecular complexity index is 515. The lowest BCUT2D eigenvalue weighted by molar-refractivity contribution is -0.117. The molecule has 0 fully saturated rings. The number of likely N-dealkylation sites (N-methyl/N-ethyl adjacent to an activating group) is 1. The maximum Gasteiger partial charge on any atom is 0.192 e. The number of hydrogen-bond acceptors (Lipinski definition) is 3. The smallest absolute Gasteiger partial charge is 0.192 e. The number of nitrogens with zero attached hydrogens (tertiary/aromatic N) is 1. The standard InChI is InChI=1S/C13H14BrFN2O/c1-2-17-10(7-15)12(18)11(13(17)16)8-4-3-5-9(14)6-8/h3-6,10H,2,7,16H2,1H3. The summed E-state index contributed by atoms with van der Waals surface area (Å²) in [6.45, 7) is 1.65. The first-order valence-corrected chi connectivity index (χ1v) is 6.52. The second-order valence-electron chi connectivity index (χ2n) is 4.09. The van der Waals surface area contributed by atoms with E-state index in [1.54, 1.807) is 11.0 Å². The van der Waals surface area contributed by atoms with E-state index in [0.717, 1.165) is 10.0 Å². The van der Waals surface area contributed by atoms with Gasteiger partial charge < -0.3 is 10.6 Å². The van der Waals surface area contributed by atoms with Crippen LogP contribution in [0.4, 0.5) is 4.39 Å². The molecule has 1 unspecified atom stereocenters. The number of ketones is 1. The van der Waals surface area contributed by atoms with Gasteiger partial charge in [-0.2, -0.15) is 0 Å². The number of hydrogen-bond donors (Lipinski definition) is 1. The topological polar surface area (TPSA) is 46.3 Å². The van der Waals surface area contributed by atoms with Gasteiger partial charge in [0.2, 0.25) is 0 Å². The largest absolute Gasteiger partial charge is 0.385 e. The fourth-order valence-electron chi connectivity index (χ4n) is 2.22. The molecule has 18 heavy (non-hydrogen) atoms. The molecule has 1 atom stereocenters. The zero-order chi connectivity index (χ0) is 13.3. The Morgan fingerprint density at radius 1 is 1.50 bits per heavy atom. The van der Waals surface area contributed by atoms with E-state index >= 15 is 0 Å². The predicted molar refractivity (Wildman–Crippen MR) is 72.4 cm³/mol. The molecular weight excluding hydrogens is 299 g/mol. The van der Waals surface area contributed by atoms with E-state index in [4.69, 9.17) is 5.73 Å². The average Bonchev–Trinajstić information content (AvgIpc) is 2.59. The van der Waals surface area contributed by atoms with Crippen molar-refractivity contribution in [2.24, 2.45) is 5.73 Å². The molecule has 1 heterocycles. The first kappa shape index (κ1) is 13.1. The first-order chi connectivity index (χ1) is 8.60. The lowest BCUT2D eigenvalue weighted by Crippen LogP contribution is -2.37. The lowest BCUT2D eigenvalue weighted by Gasteiger charge is -2.22. The molecule has 2 N–H and O–H groups in total. The van der Waals surface area contributed by atoms with E-state index in [1.165, 1.54) is 0 Å². The van der Waals surface area contributed by atoms with E-state index < -0.39 is 12.7 Å². The van der Waals surface area contributed by atoms with E-state index in [-0.39, 0.29) is 5.78 Å². The molecular formula is C13H14BrFN2O. The van der Waals surface area contributed by atoms with Crippen molar-refractivity contribution in [2.75, 3.05) is 13.2 Å². The Balaban J connectivity index is 2.49. The van der Waals surface area contributed by atoms with Gasteiger partial charge >= 0.3 is 0 Å². The first-order valence-electron chi connectivity index (χ1n) is 5.72. The molecule has 0 saturated carbocycles. The number of Topliss-reactive ketones (excluding diaryl/α,β-unsaturated/α-hetero) is 1. The Morgan fingerprint density at radius 2 is 2.22 bits per heavy atom. The van der Waals surface area contributed by atoms with Gasteiger partial charge in [-0.1, -0.05) is 28.1 Å². The second-order valence-corrected chi connectivity index (χ2v) is 5.01. The van der Waals surface area contributed by atoms with Crippen molar-refractivity contribution in [3.63, 3.8) is 0 Å². The third-order valence-electron chi connectivity index (χ3n) is 3.09. The van der Waals surface area contributed by atoms with Crippen LogP contribution in [0.25, 0.3) is 5.57 Å². The Hall–Kier alpha value is -1.36. The highest BCUT2D eigenvalue weighted by molar-refractivity contribution is 9.10. The van der Waals surface area contributed by atoms with Crippen molar-refractivity contribution >= 4 is 27.3 Å². The summed E-state index contributed by atoms with van der Waals surface area (Å²) in [5.41, 5.74) is 7.12. The van der Waals surface area contributed by atoms with Gasteiger partial charge in [0.05, 0.1) is 5.57 Å². The van der Waals surface area contributed by atoms with Crippen molar-refractivity contribution < 1.29 is 9.18 Å². The third kappa shape index (κ3) is 2.03. The van der Waals surface area contributed by atoms with Gasteiger partial charge in [0.15, 0.2) is 5.78 Å². The van der Waals surface area contributed by atoms with Crippen LogP contribution < -0.4 is 5.73 Å². The zero-order valence-corrected chi connectivity index (χ0v) is 11.6. The fourth-order valence-corrected chi connectivity index (χ4v) is 2.62. The summed E-state index contributed by atoms with van der Waals surface area (Å²) in [7, 11) is 0. The molecule has 96 valence electrons. The minimum Gasteiger partial charge on any atom is -0.385 e. The lowest BCUT2D eigenvalue weighted by atomic mass is 10.0. The van der Waals surface area contributed by atoms with E-state index in [1.807, 2.05) is 25.1 Å². The van der Waals surface area contributed by atoms with Gasteiger partial charge in [-0.3, -0.25) is 4.79 Å². The number of alkyl halides is 1. The van der Waals surface area contributed by atoms with Crippen LogP contribution in [0.3, 0.4) is 0 Å². The maximum atomic E-state index is 13.0. The van der Waals surface area contributed by atoms with Crippen LogP contribution in [0.15, 0.2) is 34.6 Å². The summed E-state index contributed by atoms with van der Waals surface area (Å²) in [6, 6.07) is 6.54. The minimum atomic E-state index is -0.774. The summed E-state index contributed by atoms with van der Waals surface area (Å²) >= 11 is 3.35. The summed E-state index contributed by atoms with van der Waals surface area (Å²) in [6.07, 6.45) is 0. The molecule has 0 aliphatic carbocycles. The van der Waals surface area contributed by atoms with Crippen molar-refractivity contribution in [1.82, 2.24) is 4.90 Å². The zero-order valence-electron chi connectivity index (χ0n) is 9.99. The average molecular weight is 313 g/mol. The van der Waals surface area contributed by atoms with Crippen molar-refractivity contribution in [3.05, 3.63) is 40.1 Å². The molecule has 2 rings (SSSR count). The molecule has 0 amide bonds. The van der Waals surface area contributed by atoms with Crippen molar-refractivity contribution in [2.45, 2.75) is 13.0 Å². The van der Waals surface area contributed by atoms with Crippen LogP contribution in [0, 0.1) is 0 Å². The number of rotatable bonds is 3. The minimum absolute atomic E-state index is 0.241. The SMILES string of the molecule is CCN1C(N)=C(c2cccc(Br)c2)C(=O)C1CF. The van der Waals surface area contributed by atoms with Gasteiger partial charge in [-0.25, -0.2) is 4.39 Å². The number of nitrogens with two attached hydrogens (primary N) is 1. The number of benzene rings is 1. The molecule has 0 radical (unpaired) electrons. The highest BCUT2D eigenvalue weighted by Crippen LogP contribution is 2.31. The van der Waals surface area contributed by atoms with Crippen LogP contribution >= 0.6 is 15.9 Å².